The summed E-state index contributed by atoms with van der Waals surface area (Å²) in [5.74, 6) is 1.70. The summed E-state index contributed by atoms with van der Waals surface area (Å²) in [7, 11) is 0. The molecule has 0 radical (unpaired) electrons. The van der Waals surface area contributed by atoms with E-state index in [-0.39, 0.29) is 0 Å². The Morgan fingerprint density at radius 1 is 0.750 bits per heavy atom. The maximum atomic E-state index is 6.21. The van der Waals surface area contributed by atoms with Crippen LogP contribution in [0.2, 0.25) is 4.44 Å². The predicted molar refractivity (Wildman–Crippen MR) is 79.9 cm³/mol. The second-order valence-electron chi connectivity index (χ2n) is 4.82. The third-order valence-electron chi connectivity index (χ3n) is 3.23. The SMILES string of the molecule is c1ccc([O][Sn]2([O]c3ccccc3)[CH2]CCC[O]2)cc1. The second kappa shape index (κ2) is 6.50. The third kappa shape index (κ3) is 3.46. The molecule has 1 heterocycles. The van der Waals surface area contributed by atoms with Crippen LogP contribution in [0.15, 0.2) is 60.7 Å². The summed E-state index contributed by atoms with van der Waals surface area (Å²) < 4.78 is 19.4. The van der Waals surface area contributed by atoms with Crippen LogP contribution in [0, 0.1) is 0 Å². The molecule has 0 saturated carbocycles. The van der Waals surface area contributed by atoms with E-state index in [1.165, 1.54) is 0 Å². The molecule has 0 spiro atoms. The minimum absolute atomic E-state index is 0.746. The first-order chi connectivity index (χ1) is 9.86. The van der Waals surface area contributed by atoms with E-state index in [1.807, 2.05) is 60.7 Å². The van der Waals surface area contributed by atoms with Crippen molar-refractivity contribution in [2.75, 3.05) is 6.61 Å². The molecule has 2 aromatic rings. The summed E-state index contributed by atoms with van der Waals surface area (Å²) in [6.07, 6.45) is 2.21. The maximum absolute atomic E-state index is 6.21. The Balaban J connectivity index is 1.81. The minimum atomic E-state index is -3.51. The average Bonchev–Trinajstić information content (AvgIpc) is 2.50. The molecule has 20 heavy (non-hydrogen) atoms. The second-order valence-corrected chi connectivity index (χ2v) is 12.1. The first-order valence-corrected chi connectivity index (χ1v) is 12.5. The monoisotopic (exact) mass is 378 g/mol. The molecule has 0 aromatic heterocycles. The Labute approximate surface area is 125 Å². The Bertz CT molecular complexity index is 480. The molecule has 1 saturated heterocycles. The molecule has 1 fully saturated rings. The normalized spacial score (nSPS) is 17.4. The van der Waals surface area contributed by atoms with Crippen LogP contribution in [-0.2, 0) is 3.07 Å². The van der Waals surface area contributed by atoms with Gasteiger partial charge in [-0.2, -0.15) is 0 Å². The van der Waals surface area contributed by atoms with Crippen LogP contribution in [0.5, 0.6) is 11.5 Å². The van der Waals surface area contributed by atoms with E-state index in [2.05, 4.69) is 0 Å². The number of benzene rings is 2. The predicted octanol–water partition coefficient (Wildman–Crippen LogP) is 3.89. The van der Waals surface area contributed by atoms with Gasteiger partial charge in [0.1, 0.15) is 0 Å². The molecule has 0 atom stereocenters. The zero-order valence-electron chi connectivity index (χ0n) is 11.3. The van der Waals surface area contributed by atoms with Gasteiger partial charge in [-0.15, -0.1) is 0 Å². The Kier molecular flexibility index (Phi) is 4.47. The van der Waals surface area contributed by atoms with Crippen LogP contribution in [0.25, 0.3) is 0 Å². The van der Waals surface area contributed by atoms with E-state index < -0.39 is 19.6 Å². The van der Waals surface area contributed by atoms with Crippen LogP contribution in [0.4, 0.5) is 0 Å². The molecule has 0 bridgehead atoms. The van der Waals surface area contributed by atoms with Crippen molar-refractivity contribution in [3.8, 4) is 11.5 Å². The van der Waals surface area contributed by atoms with Gasteiger partial charge >= 0.3 is 125 Å². The fourth-order valence-electron chi connectivity index (χ4n) is 2.26. The first kappa shape index (κ1) is 13.8. The average molecular weight is 377 g/mol. The van der Waals surface area contributed by atoms with Gasteiger partial charge in [0.05, 0.1) is 0 Å². The van der Waals surface area contributed by atoms with Crippen LogP contribution in [0.1, 0.15) is 12.8 Å². The number of rotatable bonds is 4. The molecule has 0 unspecified atom stereocenters. The molecule has 3 rings (SSSR count). The third-order valence-corrected chi connectivity index (χ3v) is 10.9. The van der Waals surface area contributed by atoms with E-state index in [0.29, 0.717) is 0 Å². The molecule has 0 aliphatic carbocycles. The van der Waals surface area contributed by atoms with Crippen molar-refractivity contribution in [3.63, 3.8) is 0 Å². The number of para-hydroxylation sites is 2. The summed E-state index contributed by atoms with van der Waals surface area (Å²) in [6, 6.07) is 19.7. The molecule has 3 nitrogen and oxygen atoms in total. The van der Waals surface area contributed by atoms with E-state index in [9.17, 15) is 0 Å². The van der Waals surface area contributed by atoms with E-state index >= 15 is 0 Å². The van der Waals surface area contributed by atoms with Gasteiger partial charge in [-0.05, 0) is 0 Å². The van der Waals surface area contributed by atoms with Gasteiger partial charge in [-0.1, -0.05) is 0 Å². The number of hydrogen-bond acceptors (Lipinski definition) is 3. The van der Waals surface area contributed by atoms with Crippen LogP contribution in [0.3, 0.4) is 0 Å². The molecule has 4 heteroatoms. The fourth-order valence-corrected chi connectivity index (χ4v) is 9.79. The summed E-state index contributed by atoms with van der Waals surface area (Å²) in [5, 5.41) is 0. The molecular formula is C16H18O3Sn. The zero-order chi connectivity index (χ0) is 13.7. The molecule has 1 aliphatic heterocycles. The summed E-state index contributed by atoms with van der Waals surface area (Å²) in [5.41, 5.74) is 0. The van der Waals surface area contributed by atoms with E-state index in [4.69, 9.17) is 9.22 Å². The zero-order valence-corrected chi connectivity index (χ0v) is 14.2. The summed E-state index contributed by atoms with van der Waals surface area (Å²) in [4.78, 5) is 0. The van der Waals surface area contributed by atoms with Crippen molar-refractivity contribution >= 4 is 19.6 Å². The quantitative estimate of drug-likeness (QED) is 0.757. The van der Waals surface area contributed by atoms with Crippen LogP contribution >= 0.6 is 0 Å². The van der Waals surface area contributed by atoms with Crippen molar-refractivity contribution in [2.24, 2.45) is 0 Å². The van der Waals surface area contributed by atoms with Crippen molar-refractivity contribution in [1.82, 2.24) is 0 Å². The topological polar surface area (TPSA) is 27.7 Å². The molecule has 0 amide bonds. The van der Waals surface area contributed by atoms with Gasteiger partial charge in [0.15, 0.2) is 0 Å². The van der Waals surface area contributed by atoms with Gasteiger partial charge in [0, 0.05) is 0 Å². The van der Waals surface area contributed by atoms with Gasteiger partial charge < -0.3 is 0 Å². The Hall–Kier alpha value is -1.20. The van der Waals surface area contributed by atoms with Crippen molar-refractivity contribution < 1.29 is 9.22 Å². The van der Waals surface area contributed by atoms with Gasteiger partial charge in [-0.25, -0.2) is 0 Å². The number of hydrogen-bond donors (Lipinski definition) is 0. The van der Waals surface area contributed by atoms with Crippen molar-refractivity contribution in [3.05, 3.63) is 60.7 Å². The van der Waals surface area contributed by atoms with Crippen LogP contribution in [-0.4, -0.2) is 26.2 Å². The fraction of sp³-hybridized carbons (Fsp3) is 0.250. The Morgan fingerprint density at radius 2 is 1.30 bits per heavy atom. The molecule has 1 aliphatic rings. The standard InChI is InChI=1S/2C6H6O.C4H8O.Sn/c2*7-6-4-2-1-3-5-6;1-2-3-4-5;/h2*1-5,7H;1-4H2;/q;;-1;+3/p-2. The van der Waals surface area contributed by atoms with E-state index in [1.54, 1.807) is 0 Å². The van der Waals surface area contributed by atoms with Crippen molar-refractivity contribution in [2.45, 2.75) is 17.3 Å². The Morgan fingerprint density at radius 3 is 1.75 bits per heavy atom. The molecule has 0 N–H and O–H groups in total. The van der Waals surface area contributed by atoms with Crippen molar-refractivity contribution in [1.29, 1.82) is 0 Å². The molecule has 2 aromatic carbocycles. The molecular weight excluding hydrogens is 359 g/mol. The van der Waals surface area contributed by atoms with E-state index in [0.717, 1.165) is 35.4 Å². The first-order valence-electron chi connectivity index (χ1n) is 6.98. The van der Waals surface area contributed by atoms with Gasteiger partial charge in [0.2, 0.25) is 0 Å². The summed E-state index contributed by atoms with van der Waals surface area (Å²) >= 11 is -3.51. The summed E-state index contributed by atoms with van der Waals surface area (Å²) in [6.45, 7) is 0.746. The molecule has 104 valence electrons. The van der Waals surface area contributed by atoms with Gasteiger partial charge in [-0.3, -0.25) is 0 Å². The van der Waals surface area contributed by atoms with Crippen LogP contribution < -0.4 is 6.15 Å². The van der Waals surface area contributed by atoms with Gasteiger partial charge in [0.25, 0.3) is 0 Å².